The average molecular weight is 407 g/mol. The van der Waals surface area contributed by atoms with Crippen molar-refractivity contribution < 1.29 is 28.9 Å². The fourth-order valence-corrected chi connectivity index (χ4v) is 2.46. The highest BCUT2D eigenvalue weighted by atomic mass is 35.5. The number of halogens is 1. The summed E-state index contributed by atoms with van der Waals surface area (Å²) in [5.74, 6) is -0.996. The Morgan fingerprint density at radius 3 is 2.75 bits per heavy atom. The Kier molecular flexibility index (Phi) is 7.65. The fourth-order valence-electron chi connectivity index (χ4n) is 2.19. The van der Waals surface area contributed by atoms with Crippen molar-refractivity contribution in [1.29, 1.82) is 0 Å². The number of hydrogen-bond donors (Lipinski definition) is 2. The first-order valence-corrected chi connectivity index (χ1v) is 8.60. The third-order valence-corrected chi connectivity index (χ3v) is 3.69. The molecule has 9 heteroatoms. The second-order valence-corrected chi connectivity index (χ2v) is 5.79. The van der Waals surface area contributed by atoms with Gasteiger partial charge in [-0.15, -0.1) is 0 Å². The topological polar surface area (TPSA) is 106 Å². The van der Waals surface area contributed by atoms with Crippen molar-refractivity contribution >= 4 is 35.4 Å². The van der Waals surface area contributed by atoms with E-state index >= 15 is 0 Å². The van der Waals surface area contributed by atoms with Gasteiger partial charge < -0.3 is 19.3 Å². The molecular weight excluding hydrogens is 388 g/mol. The minimum Gasteiger partial charge on any atom is -0.493 e. The van der Waals surface area contributed by atoms with Gasteiger partial charge in [0.1, 0.15) is 0 Å². The molecule has 0 saturated carbocycles. The third kappa shape index (κ3) is 5.88. The van der Waals surface area contributed by atoms with Crippen LogP contribution in [-0.4, -0.2) is 43.6 Å². The Morgan fingerprint density at radius 1 is 1.29 bits per heavy atom. The summed E-state index contributed by atoms with van der Waals surface area (Å²) in [5.41, 5.74) is 4.01. The standard InChI is InChI=1S/C19H19ClN2O6/c1-3-27-17(23)11-28-18-15(20)7-12(8-16(18)26-2)10-21-22-14-6-4-5-13(9-14)19(24)25/h4-10,22H,3,11H2,1-2H3,(H,24,25)/b21-10+. The molecule has 2 rings (SSSR count). The van der Waals surface area contributed by atoms with Crippen LogP contribution >= 0.6 is 11.6 Å². The Morgan fingerprint density at radius 2 is 2.07 bits per heavy atom. The van der Waals surface area contributed by atoms with Gasteiger partial charge in [0.2, 0.25) is 0 Å². The number of esters is 1. The van der Waals surface area contributed by atoms with E-state index in [1.54, 1.807) is 31.2 Å². The molecule has 0 aliphatic rings. The van der Waals surface area contributed by atoms with E-state index in [4.69, 9.17) is 30.9 Å². The van der Waals surface area contributed by atoms with Gasteiger partial charge in [0, 0.05) is 0 Å². The fraction of sp³-hybridized carbons (Fsp3) is 0.211. The number of carboxylic acid groups (broad SMARTS) is 1. The van der Waals surface area contributed by atoms with E-state index in [-0.39, 0.29) is 29.5 Å². The number of carbonyl (C=O) groups excluding carboxylic acids is 1. The van der Waals surface area contributed by atoms with Gasteiger partial charge in [-0.3, -0.25) is 5.43 Å². The predicted molar refractivity (Wildman–Crippen MR) is 105 cm³/mol. The van der Waals surface area contributed by atoms with Crippen LogP contribution in [0.4, 0.5) is 5.69 Å². The van der Waals surface area contributed by atoms with E-state index in [1.165, 1.54) is 25.5 Å². The lowest BCUT2D eigenvalue weighted by Gasteiger charge is -2.12. The van der Waals surface area contributed by atoms with Gasteiger partial charge >= 0.3 is 11.9 Å². The van der Waals surface area contributed by atoms with Crippen LogP contribution in [0.3, 0.4) is 0 Å². The van der Waals surface area contributed by atoms with E-state index in [0.29, 0.717) is 17.0 Å². The van der Waals surface area contributed by atoms with Crippen molar-refractivity contribution in [3.8, 4) is 11.5 Å². The highest BCUT2D eigenvalue weighted by molar-refractivity contribution is 6.32. The summed E-state index contributed by atoms with van der Waals surface area (Å²) >= 11 is 6.22. The van der Waals surface area contributed by atoms with Crippen LogP contribution in [0.5, 0.6) is 11.5 Å². The maximum Gasteiger partial charge on any atom is 0.344 e. The average Bonchev–Trinajstić information content (AvgIpc) is 2.67. The maximum absolute atomic E-state index is 11.4. The van der Waals surface area contributed by atoms with Gasteiger partial charge in [-0.25, -0.2) is 9.59 Å². The number of hydrazone groups is 1. The van der Waals surface area contributed by atoms with E-state index in [2.05, 4.69) is 10.5 Å². The van der Waals surface area contributed by atoms with Crippen LogP contribution in [-0.2, 0) is 9.53 Å². The number of methoxy groups -OCH3 is 1. The number of nitrogens with zero attached hydrogens (tertiary/aromatic N) is 1. The third-order valence-electron chi connectivity index (χ3n) is 3.41. The normalized spacial score (nSPS) is 10.5. The van der Waals surface area contributed by atoms with Crippen molar-refractivity contribution in [3.63, 3.8) is 0 Å². The van der Waals surface area contributed by atoms with Gasteiger partial charge in [-0.2, -0.15) is 5.10 Å². The molecule has 0 unspecified atom stereocenters. The van der Waals surface area contributed by atoms with Crippen LogP contribution in [0.15, 0.2) is 41.5 Å². The van der Waals surface area contributed by atoms with E-state index in [0.717, 1.165) is 0 Å². The van der Waals surface area contributed by atoms with Crippen LogP contribution in [0.2, 0.25) is 5.02 Å². The largest absolute Gasteiger partial charge is 0.493 e. The first kappa shape index (κ1) is 21.0. The SMILES string of the molecule is CCOC(=O)COc1c(Cl)cc(/C=N/Nc2cccc(C(=O)O)c2)cc1OC. The van der Waals surface area contributed by atoms with Crippen LogP contribution < -0.4 is 14.9 Å². The monoisotopic (exact) mass is 406 g/mol. The Bertz CT molecular complexity index is 885. The van der Waals surface area contributed by atoms with Gasteiger partial charge in [-0.1, -0.05) is 17.7 Å². The molecule has 0 bridgehead atoms. The second-order valence-electron chi connectivity index (χ2n) is 5.38. The summed E-state index contributed by atoms with van der Waals surface area (Å²) in [6, 6.07) is 9.45. The van der Waals surface area contributed by atoms with E-state index in [9.17, 15) is 9.59 Å². The molecule has 2 aromatic rings. The summed E-state index contributed by atoms with van der Waals surface area (Å²) in [6.07, 6.45) is 1.48. The van der Waals surface area contributed by atoms with Crippen molar-refractivity contribution in [2.75, 3.05) is 25.7 Å². The molecule has 0 fully saturated rings. The first-order valence-electron chi connectivity index (χ1n) is 8.23. The number of nitrogens with one attached hydrogen (secondary N) is 1. The van der Waals surface area contributed by atoms with Gasteiger partial charge in [-0.05, 0) is 42.8 Å². The molecule has 0 saturated heterocycles. The lowest BCUT2D eigenvalue weighted by atomic mass is 10.2. The lowest BCUT2D eigenvalue weighted by molar-refractivity contribution is -0.145. The van der Waals surface area contributed by atoms with Crippen LogP contribution in [0.1, 0.15) is 22.8 Å². The molecule has 0 spiro atoms. The summed E-state index contributed by atoms with van der Waals surface area (Å²) in [7, 11) is 1.44. The summed E-state index contributed by atoms with van der Waals surface area (Å²) in [5, 5.41) is 13.3. The molecular formula is C19H19ClN2O6. The van der Waals surface area contributed by atoms with Crippen molar-refractivity contribution in [2.24, 2.45) is 5.10 Å². The number of rotatable bonds is 9. The molecule has 0 atom stereocenters. The molecule has 0 radical (unpaired) electrons. The van der Waals surface area contributed by atoms with Crippen LogP contribution in [0.25, 0.3) is 0 Å². The van der Waals surface area contributed by atoms with E-state index < -0.39 is 11.9 Å². The molecule has 8 nitrogen and oxygen atoms in total. The molecule has 148 valence electrons. The zero-order valence-electron chi connectivity index (χ0n) is 15.3. The predicted octanol–water partition coefficient (Wildman–Crippen LogP) is 3.43. The second kappa shape index (κ2) is 10.2. The Labute approximate surface area is 166 Å². The first-order chi connectivity index (χ1) is 13.4. The van der Waals surface area contributed by atoms with Crippen molar-refractivity contribution in [3.05, 3.63) is 52.5 Å². The Balaban J connectivity index is 2.10. The molecule has 0 aliphatic heterocycles. The summed E-state index contributed by atoms with van der Waals surface area (Å²) in [4.78, 5) is 22.4. The molecule has 2 N–H and O–H groups in total. The molecule has 0 amide bonds. The minimum atomic E-state index is -1.03. The summed E-state index contributed by atoms with van der Waals surface area (Å²) in [6.45, 7) is 1.66. The zero-order valence-corrected chi connectivity index (χ0v) is 16.0. The number of aromatic carboxylic acids is 1. The van der Waals surface area contributed by atoms with Crippen molar-refractivity contribution in [1.82, 2.24) is 0 Å². The Hall–Kier alpha value is -3.26. The molecule has 28 heavy (non-hydrogen) atoms. The van der Waals surface area contributed by atoms with Gasteiger partial charge in [0.15, 0.2) is 18.1 Å². The number of carboxylic acids is 1. The van der Waals surface area contributed by atoms with Crippen LogP contribution in [0, 0.1) is 0 Å². The number of hydrogen-bond acceptors (Lipinski definition) is 7. The zero-order chi connectivity index (χ0) is 20.5. The van der Waals surface area contributed by atoms with Crippen molar-refractivity contribution in [2.45, 2.75) is 6.92 Å². The van der Waals surface area contributed by atoms with Gasteiger partial charge in [0.05, 0.1) is 36.2 Å². The highest BCUT2D eigenvalue weighted by Gasteiger charge is 2.14. The molecule has 2 aromatic carbocycles. The highest BCUT2D eigenvalue weighted by Crippen LogP contribution is 2.36. The molecule has 0 aliphatic carbocycles. The van der Waals surface area contributed by atoms with E-state index in [1.807, 2.05) is 0 Å². The summed E-state index contributed by atoms with van der Waals surface area (Å²) < 4.78 is 15.5. The van der Waals surface area contributed by atoms with Gasteiger partial charge in [0.25, 0.3) is 0 Å². The smallest absolute Gasteiger partial charge is 0.344 e. The number of anilines is 1. The molecule has 0 heterocycles. The number of carbonyl (C=O) groups is 2. The maximum atomic E-state index is 11.4. The molecule has 0 aromatic heterocycles. The number of benzene rings is 2. The quantitative estimate of drug-likeness (QED) is 0.373. The minimum absolute atomic E-state index is 0.146. The lowest BCUT2D eigenvalue weighted by Crippen LogP contribution is -2.15. The number of ether oxygens (including phenoxy) is 3.